The zero-order chi connectivity index (χ0) is 20.2. The molecule has 3 aromatic rings. The molecule has 1 amide bonds. The molecule has 0 aliphatic carbocycles. The van der Waals surface area contributed by atoms with E-state index in [9.17, 15) is 4.79 Å². The zero-order valence-electron chi connectivity index (χ0n) is 16.5. The highest BCUT2D eigenvalue weighted by atomic mass is 16.5. The second kappa shape index (κ2) is 8.38. The number of aryl methyl sites for hydroxylation is 2. The predicted molar refractivity (Wildman–Crippen MR) is 105 cm³/mol. The fourth-order valence-corrected chi connectivity index (χ4v) is 3.68. The molecule has 1 atom stereocenters. The maximum atomic E-state index is 12.4. The normalized spacial score (nSPS) is 16.2. The van der Waals surface area contributed by atoms with Crippen molar-refractivity contribution in [3.63, 3.8) is 0 Å². The van der Waals surface area contributed by atoms with Crippen molar-refractivity contribution >= 4 is 5.91 Å². The Balaban J connectivity index is 1.34. The first-order chi connectivity index (χ1) is 14.1. The van der Waals surface area contributed by atoms with E-state index in [4.69, 9.17) is 9.26 Å². The number of amides is 1. The molecule has 4 heterocycles. The van der Waals surface area contributed by atoms with Gasteiger partial charge in [-0.1, -0.05) is 5.16 Å². The second-order valence-electron chi connectivity index (χ2n) is 7.27. The second-order valence-corrected chi connectivity index (χ2v) is 7.27. The van der Waals surface area contributed by atoms with Crippen molar-refractivity contribution < 1.29 is 14.1 Å². The Bertz CT molecular complexity index is 969. The Morgan fingerprint density at radius 2 is 2.24 bits per heavy atom. The van der Waals surface area contributed by atoms with E-state index in [0.717, 1.165) is 47.8 Å². The molecule has 1 saturated heterocycles. The van der Waals surface area contributed by atoms with Gasteiger partial charge in [-0.05, 0) is 50.8 Å². The number of carbonyl (C=O) groups is 1. The third-order valence-electron chi connectivity index (χ3n) is 5.15. The molecule has 0 unspecified atom stereocenters. The number of aromatic nitrogens is 4. The Labute approximate surface area is 168 Å². The van der Waals surface area contributed by atoms with E-state index in [1.54, 1.807) is 30.9 Å². The standard InChI is InChI=1S/C21H23N5O3/c1-14-21(15(2)29-25-14)19-9-17(23-13-24-19)8-16-5-7-26(11-16)20(27)12-28-18-4-3-6-22-10-18/h3-4,6,9-10,13,16H,5,7-8,11-12H2,1-2H3/t16-/m1/s1. The van der Waals surface area contributed by atoms with E-state index >= 15 is 0 Å². The molecular formula is C21H23N5O3. The molecule has 3 aromatic heterocycles. The molecule has 1 fully saturated rings. The molecule has 0 radical (unpaired) electrons. The van der Waals surface area contributed by atoms with E-state index in [0.29, 0.717) is 18.2 Å². The number of hydrogen-bond donors (Lipinski definition) is 0. The molecule has 0 aromatic carbocycles. The van der Waals surface area contributed by atoms with E-state index < -0.39 is 0 Å². The number of rotatable bonds is 6. The molecule has 1 aliphatic rings. The minimum absolute atomic E-state index is 0.00421. The van der Waals surface area contributed by atoms with Crippen molar-refractivity contribution in [2.45, 2.75) is 26.7 Å². The summed E-state index contributed by atoms with van der Waals surface area (Å²) in [5.41, 5.74) is 3.52. The highest BCUT2D eigenvalue weighted by molar-refractivity contribution is 5.78. The molecule has 4 rings (SSSR count). The van der Waals surface area contributed by atoms with E-state index in [1.807, 2.05) is 24.8 Å². The number of nitrogens with zero attached hydrogens (tertiary/aromatic N) is 5. The van der Waals surface area contributed by atoms with Gasteiger partial charge in [0, 0.05) is 25.0 Å². The summed E-state index contributed by atoms with van der Waals surface area (Å²) in [7, 11) is 0. The summed E-state index contributed by atoms with van der Waals surface area (Å²) in [6, 6.07) is 5.56. The summed E-state index contributed by atoms with van der Waals surface area (Å²) >= 11 is 0. The molecule has 150 valence electrons. The third kappa shape index (κ3) is 4.42. The van der Waals surface area contributed by atoms with E-state index in [1.165, 1.54) is 0 Å². The van der Waals surface area contributed by atoms with Gasteiger partial charge in [-0.25, -0.2) is 9.97 Å². The average Bonchev–Trinajstić information content (AvgIpc) is 3.33. The molecule has 0 spiro atoms. The van der Waals surface area contributed by atoms with Crippen LogP contribution in [0.2, 0.25) is 0 Å². The first-order valence-electron chi connectivity index (χ1n) is 9.65. The van der Waals surface area contributed by atoms with Crippen LogP contribution in [0.1, 0.15) is 23.6 Å². The van der Waals surface area contributed by atoms with Gasteiger partial charge in [-0.3, -0.25) is 9.78 Å². The fraction of sp³-hybridized carbons (Fsp3) is 0.381. The van der Waals surface area contributed by atoms with Gasteiger partial charge in [0.05, 0.1) is 23.1 Å². The number of carbonyl (C=O) groups excluding carboxylic acids is 1. The molecule has 8 nitrogen and oxygen atoms in total. The molecule has 0 saturated carbocycles. The van der Waals surface area contributed by atoms with Gasteiger partial charge >= 0.3 is 0 Å². The summed E-state index contributed by atoms with van der Waals surface area (Å²) in [6.45, 7) is 5.26. The van der Waals surface area contributed by atoms with Gasteiger partial charge in [0.1, 0.15) is 17.8 Å². The molecule has 0 bridgehead atoms. The first kappa shape index (κ1) is 19.0. The lowest BCUT2D eigenvalue weighted by atomic mass is 10.0. The highest BCUT2D eigenvalue weighted by Gasteiger charge is 2.27. The Hall–Kier alpha value is -3.29. The maximum Gasteiger partial charge on any atom is 0.260 e. The van der Waals surface area contributed by atoms with Crippen LogP contribution in [-0.2, 0) is 11.2 Å². The van der Waals surface area contributed by atoms with Gasteiger partial charge in [0.2, 0.25) is 0 Å². The van der Waals surface area contributed by atoms with E-state index in [-0.39, 0.29) is 12.5 Å². The summed E-state index contributed by atoms with van der Waals surface area (Å²) in [6.07, 6.45) is 6.60. The van der Waals surface area contributed by atoms with Crippen LogP contribution in [0.4, 0.5) is 0 Å². The molecule has 0 N–H and O–H groups in total. The van der Waals surface area contributed by atoms with Crippen LogP contribution in [-0.4, -0.2) is 50.6 Å². The predicted octanol–water partition coefficient (Wildman–Crippen LogP) is 2.61. The summed E-state index contributed by atoms with van der Waals surface area (Å²) in [5.74, 6) is 1.71. The lowest BCUT2D eigenvalue weighted by molar-refractivity contribution is -0.132. The summed E-state index contributed by atoms with van der Waals surface area (Å²) in [5, 5.41) is 4.00. The van der Waals surface area contributed by atoms with Crippen molar-refractivity contribution in [2.75, 3.05) is 19.7 Å². The fourth-order valence-electron chi connectivity index (χ4n) is 3.68. The van der Waals surface area contributed by atoms with Crippen LogP contribution < -0.4 is 4.74 Å². The smallest absolute Gasteiger partial charge is 0.260 e. The number of pyridine rings is 1. The highest BCUT2D eigenvalue weighted by Crippen LogP contribution is 2.26. The van der Waals surface area contributed by atoms with Gasteiger partial charge in [0.25, 0.3) is 5.91 Å². The number of ether oxygens (including phenoxy) is 1. The molecule has 8 heteroatoms. The average molecular weight is 393 g/mol. The van der Waals surface area contributed by atoms with Crippen molar-refractivity contribution in [1.29, 1.82) is 0 Å². The van der Waals surface area contributed by atoms with Crippen LogP contribution in [0.3, 0.4) is 0 Å². The lowest BCUT2D eigenvalue weighted by Crippen LogP contribution is -2.33. The topological polar surface area (TPSA) is 94.2 Å². The van der Waals surface area contributed by atoms with Crippen molar-refractivity contribution in [3.05, 3.63) is 54.1 Å². The number of hydrogen-bond acceptors (Lipinski definition) is 7. The van der Waals surface area contributed by atoms with Gasteiger partial charge in [-0.2, -0.15) is 0 Å². The van der Waals surface area contributed by atoms with Crippen molar-refractivity contribution in [1.82, 2.24) is 25.0 Å². The van der Waals surface area contributed by atoms with Crippen molar-refractivity contribution in [3.8, 4) is 17.0 Å². The zero-order valence-corrected chi connectivity index (χ0v) is 16.5. The largest absolute Gasteiger partial charge is 0.482 e. The summed E-state index contributed by atoms with van der Waals surface area (Å²) < 4.78 is 10.8. The maximum absolute atomic E-state index is 12.4. The van der Waals surface area contributed by atoms with E-state index in [2.05, 4.69) is 20.1 Å². The molecule has 1 aliphatic heterocycles. The van der Waals surface area contributed by atoms with Gasteiger partial charge in [0.15, 0.2) is 6.61 Å². The molecule has 29 heavy (non-hydrogen) atoms. The van der Waals surface area contributed by atoms with Gasteiger partial charge in [-0.15, -0.1) is 0 Å². The lowest BCUT2D eigenvalue weighted by Gasteiger charge is -2.17. The Morgan fingerprint density at radius 3 is 3.00 bits per heavy atom. The van der Waals surface area contributed by atoms with Crippen LogP contribution >= 0.6 is 0 Å². The monoisotopic (exact) mass is 393 g/mol. The first-order valence-corrected chi connectivity index (χ1v) is 9.65. The summed E-state index contributed by atoms with van der Waals surface area (Å²) in [4.78, 5) is 27.1. The van der Waals surface area contributed by atoms with Crippen LogP contribution in [0.5, 0.6) is 5.75 Å². The van der Waals surface area contributed by atoms with Crippen molar-refractivity contribution in [2.24, 2.45) is 5.92 Å². The van der Waals surface area contributed by atoms with Crippen LogP contribution in [0.15, 0.2) is 41.4 Å². The Morgan fingerprint density at radius 1 is 1.34 bits per heavy atom. The third-order valence-corrected chi connectivity index (χ3v) is 5.15. The minimum atomic E-state index is -0.00421. The van der Waals surface area contributed by atoms with Crippen LogP contribution in [0, 0.1) is 19.8 Å². The SMILES string of the molecule is Cc1noc(C)c1-c1cc(C[C@H]2CCN(C(=O)COc3cccnc3)C2)ncn1. The quantitative estimate of drug-likeness (QED) is 0.635. The van der Waals surface area contributed by atoms with Gasteiger partial charge < -0.3 is 14.2 Å². The Kier molecular flexibility index (Phi) is 5.50. The van der Waals surface area contributed by atoms with Crippen LogP contribution in [0.25, 0.3) is 11.3 Å². The molecular weight excluding hydrogens is 370 g/mol. The number of likely N-dealkylation sites (tertiary alicyclic amines) is 1. The minimum Gasteiger partial charge on any atom is -0.482 e.